The summed E-state index contributed by atoms with van der Waals surface area (Å²) in [6.07, 6.45) is 1.22. The highest BCUT2D eigenvalue weighted by atomic mass is 32.2. The van der Waals surface area contributed by atoms with Gasteiger partial charge in [0.1, 0.15) is 24.2 Å². The van der Waals surface area contributed by atoms with Gasteiger partial charge < -0.3 is 20.1 Å². The molecule has 0 amide bonds. The lowest BCUT2D eigenvalue weighted by atomic mass is 10.1. The quantitative estimate of drug-likeness (QED) is 0.164. The van der Waals surface area contributed by atoms with Gasteiger partial charge in [-0.25, -0.2) is 27.9 Å². The van der Waals surface area contributed by atoms with E-state index in [1.165, 1.54) is 12.1 Å². The topological polar surface area (TPSA) is 168 Å². The van der Waals surface area contributed by atoms with Gasteiger partial charge >= 0.3 is 25.3 Å². The Balaban J connectivity index is 1.79. The predicted octanol–water partition coefficient (Wildman–Crippen LogP) is 3.16. The second-order valence-corrected chi connectivity index (χ2v) is 11.9. The molecule has 0 saturated carbocycles. The Morgan fingerprint density at radius 3 is 2.62 bits per heavy atom. The summed E-state index contributed by atoms with van der Waals surface area (Å²) < 4.78 is 60.7. The Morgan fingerprint density at radius 2 is 2.02 bits per heavy atom. The number of hydrogen-bond donors (Lipinski definition) is 3. The smallest absolute Gasteiger partial charge is 0.459 e. The molecule has 40 heavy (non-hydrogen) atoms. The fourth-order valence-electron chi connectivity index (χ4n) is 3.69. The summed E-state index contributed by atoms with van der Waals surface area (Å²) in [6, 6.07) is 6.51. The summed E-state index contributed by atoms with van der Waals surface area (Å²) >= 11 is 0.494. The van der Waals surface area contributed by atoms with Gasteiger partial charge in [0.05, 0.1) is 18.5 Å². The minimum absolute atomic E-state index is 0.0972. The number of nitrogens with zero attached hydrogens (tertiary/aromatic N) is 3. The number of aliphatic hydroxyl groups excluding tert-OH is 1. The molecule has 1 aromatic carbocycles. The summed E-state index contributed by atoms with van der Waals surface area (Å²) in [5, 5.41) is 9.58. The normalized spacial score (nSPS) is 22.4. The molecule has 16 heteroatoms. The zero-order chi connectivity index (χ0) is 29.5. The number of para-hydroxylation sites is 1. The minimum atomic E-state index is -4.46. The van der Waals surface area contributed by atoms with Crippen molar-refractivity contribution in [3.63, 3.8) is 0 Å². The van der Waals surface area contributed by atoms with Crippen LogP contribution in [0, 0.1) is 5.92 Å². The van der Waals surface area contributed by atoms with Crippen molar-refractivity contribution < 1.29 is 37.0 Å². The Kier molecular flexibility index (Phi) is 10.8. The number of thioether (sulfide) groups is 1. The summed E-state index contributed by atoms with van der Waals surface area (Å²) in [4.78, 5) is 31.8. The number of halogens is 2. The number of nitrogens with one attached hydrogen (secondary N) is 1. The molecule has 12 nitrogen and oxygen atoms in total. The van der Waals surface area contributed by atoms with Crippen molar-refractivity contribution in [2.45, 2.75) is 55.4 Å². The molecule has 1 fully saturated rings. The highest BCUT2D eigenvalue weighted by Crippen LogP contribution is 2.53. The van der Waals surface area contributed by atoms with Crippen LogP contribution in [0.5, 0.6) is 5.75 Å². The van der Waals surface area contributed by atoms with Gasteiger partial charge in [0.15, 0.2) is 5.37 Å². The molecule has 0 spiro atoms. The Bertz CT molecular complexity index is 1270. The molecule has 1 aromatic heterocycles. The Hall–Kier alpha value is -2.84. The summed E-state index contributed by atoms with van der Waals surface area (Å²) in [7, 11) is -4.46. The molecule has 0 aliphatic carbocycles. The van der Waals surface area contributed by atoms with Gasteiger partial charge in [0.25, 0.3) is 0 Å². The van der Waals surface area contributed by atoms with Crippen LogP contribution in [0.2, 0.25) is 0 Å². The summed E-state index contributed by atoms with van der Waals surface area (Å²) in [6.45, 7) is 6.92. The van der Waals surface area contributed by atoms with E-state index in [0.29, 0.717) is 16.3 Å². The van der Waals surface area contributed by atoms with Crippen LogP contribution < -0.4 is 21.0 Å². The van der Waals surface area contributed by atoms with Crippen molar-refractivity contribution in [2.24, 2.45) is 5.92 Å². The van der Waals surface area contributed by atoms with Gasteiger partial charge in [-0.05, 0) is 18.1 Å². The molecule has 1 unspecified atom stereocenters. The number of aliphatic hydroxyl groups is 1. The number of esters is 1. The Morgan fingerprint density at radius 1 is 1.35 bits per heavy atom. The van der Waals surface area contributed by atoms with Crippen molar-refractivity contribution in [1.82, 2.24) is 19.6 Å². The van der Waals surface area contributed by atoms with Gasteiger partial charge in [0.2, 0.25) is 5.95 Å². The van der Waals surface area contributed by atoms with E-state index in [4.69, 9.17) is 19.5 Å². The molecule has 0 radical (unpaired) electrons. The lowest BCUT2D eigenvalue weighted by Crippen LogP contribution is -2.42. The number of carbonyl (C=O) groups excluding carboxylic acids is 1. The van der Waals surface area contributed by atoms with Crippen LogP contribution in [0.1, 0.15) is 32.1 Å². The van der Waals surface area contributed by atoms with Gasteiger partial charge in [-0.2, -0.15) is 10.1 Å². The maximum atomic E-state index is 15.0. The lowest BCUT2D eigenvalue weighted by Gasteiger charge is -2.25. The monoisotopic (exact) mass is 603 g/mol. The van der Waals surface area contributed by atoms with Crippen LogP contribution in [-0.2, 0) is 18.6 Å². The van der Waals surface area contributed by atoms with E-state index < -0.39 is 60.7 Å². The van der Waals surface area contributed by atoms with Crippen molar-refractivity contribution in [1.29, 1.82) is 0 Å². The first-order valence-electron chi connectivity index (χ1n) is 12.4. The maximum absolute atomic E-state index is 15.0. The molecule has 2 heterocycles. The number of benzene rings is 1. The molecule has 220 valence electrons. The van der Waals surface area contributed by atoms with Crippen LogP contribution in [0.4, 0.5) is 14.7 Å². The van der Waals surface area contributed by atoms with Crippen LogP contribution in [0.15, 0.2) is 54.1 Å². The first-order valence-corrected chi connectivity index (χ1v) is 14.9. The van der Waals surface area contributed by atoms with Crippen LogP contribution in [0.25, 0.3) is 0 Å². The minimum Gasteiger partial charge on any atom is -0.464 e. The number of nitrogen functional groups attached to an aromatic ring is 1. The third kappa shape index (κ3) is 7.67. The molecule has 1 aliphatic heterocycles. The number of carbonyl (C=O) groups is 1. The molecule has 5 atom stereocenters. The fraction of sp³-hybridized carbons (Fsp3) is 0.500. The van der Waals surface area contributed by atoms with Crippen molar-refractivity contribution >= 4 is 31.4 Å². The standard InChI is InChI=1S/C24H32F2N5O7PS/c1-4-15(5-2)12-36-20(33)17(6-3)30-39(35,38-16-10-8-7-9-11-16)37-13-18-19(32)24(25,26)21(40-18)31-14-28-22(27)29-23(31)34/h6-11,14-15,17-19,21,32H,3-5,12-13H2,1-2H3,(H,30,35)(H2,27,29,34)/t17-,18+,19-,21+,39?/m0/s1. The van der Waals surface area contributed by atoms with Crippen molar-refractivity contribution in [3.8, 4) is 5.75 Å². The molecular weight excluding hydrogens is 571 g/mol. The average Bonchev–Trinajstić information content (AvgIpc) is 3.15. The molecular formula is C24H32F2N5O7PS. The van der Waals surface area contributed by atoms with E-state index in [1.807, 2.05) is 13.8 Å². The highest BCUT2D eigenvalue weighted by Gasteiger charge is 2.59. The number of ether oxygens (including phenoxy) is 1. The zero-order valence-corrected chi connectivity index (χ0v) is 23.6. The van der Waals surface area contributed by atoms with Gasteiger partial charge in [-0.3, -0.25) is 9.09 Å². The lowest BCUT2D eigenvalue weighted by molar-refractivity contribution is -0.146. The first kappa shape index (κ1) is 31.7. The fourth-order valence-corrected chi connectivity index (χ4v) is 6.68. The zero-order valence-electron chi connectivity index (χ0n) is 21.9. The van der Waals surface area contributed by atoms with Crippen LogP contribution >= 0.6 is 19.5 Å². The number of nitrogens with two attached hydrogens (primary N) is 1. The van der Waals surface area contributed by atoms with Crippen LogP contribution in [0.3, 0.4) is 0 Å². The second-order valence-electron chi connectivity index (χ2n) is 8.90. The molecule has 1 saturated heterocycles. The summed E-state index contributed by atoms with van der Waals surface area (Å²) in [5.41, 5.74) is 4.25. The van der Waals surface area contributed by atoms with Gasteiger partial charge in [-0.1, -0.05) is 51.0 Å². The average molecular weight is 604 g/mol. The van der Waals surface area contributed by atoms with Gasteiger partial charge in [-0.15, -0.1) is 18.3 Å². The number of aromatic nitrogens is 3. The number of alkyl halides is 2. The highest BCUT2D eigenvalue weighted by molar-refractivity contribution is 8.00. The summed E-state index contributed by atoms with van der Waals surface area (Å²) in [5.74, 6) is -4.77. The van der Waals surface area contributed by atoms with Crippen molar-refractivity contribution in [3.05, 3.63) is 59.8 Å². The Labute approximate surface area is 233 Å². The first-order chi connectivity index (χ1) is 18.9. The van der Waals surface area contributed by atoms with E-state index in [9.17, 15) is 19.3 Å². The van der Waals surface area contributed by atoms with E-state index in [0.717, 1.165) is 25.2 Å². The molecule has 1 aliphatic rings. The second kappa shape index (κ2) is 13.7. The van der Waals surface area contributed by atoms with Crippen LogP contribution in [-0.4, -0.2) is 62.1 Å². The number of rotatable bonds is 14. The predicted molar refractivity (Wildman–Crippen MR) is 145 cm³/mol. The largest absolute Gasteiger partial charge is 0.464 e. The molecule has 4 N–H and O–H groups in total. The number of anilines is 1. The van der Waals surface area contributed by atoms with E-state index in [2.05, 4.69) is 21.6 Å². The maximum Gasteiger partial charge on any atom is 0.459 e. The van der Waals surface area contributed by atoms with Crippen molar-refractivity contribution in [2.75, 3.05) is 18.9 Å². The molecule has 3 rings (SSSR count). The van der Waals surface area contributed by atoms with Gasteiger partial charge in [0, 0.05) is 0 Å². The van der Waals surface area contributed by atoms with E-state index in [1.54, 1.807) is 18.2 Å². The molecule has 0 bridgehead atoms. The third-order valence-electron chi connectivity index (χ3n) is 6.16. The number of hydrogen-bond acceptors (Lipinski definition) is 11. The van der Waals surface area contributed by atoms with E-state index in [-0.39, 0.29) is 18.3 Å². The van der Waals surface area contributed by atoms with E-state index >= 15 is 8.78 Å². The SMILES string of the molecule is C=C[C@H](NP(=O)(OC[C@H]1S[C@@H](n2cnc(N)nc2=O)C(F)(F)[C@H]1O)Oc1ccccc1)C(=O)OCC(CC)CC. The molecule has 2 aromatic rings. The third-order valence-corrected chi connectivity index (χ3v) is 9.24.